The van der Waals surface area contributed by atoms with E-state index in [-0.39, 0.29) is 11.6 Å². The van der Waals surface area contributed by atoms with Gasteiger partial charge in [-0.2, -0.15) is 0 Å². The number of amides is 2. The minimum Gasteiger partial charge on any atom is -0.494 e. The minimum absolute atomic E-state index is 0.0689. The molecule has 0 saturated heterocycles. The second kappa shape index (κ2) is 9.21. The first kappa shape index (κ1) is 18.9. The van der Waals surface area contributed by atoms with Crippen molar-refractivity contribution in [2.24, 2.45) is 0 Å². The average molecular weight is 370 g/mol. The normalized spacial score (nSPS) is 14.1. The largest absolute Gasteiger partial charge is 0.494 e. The number of nitrogens with one attached hydrogen (secondary N) is 2. The zero-order chi connectivity index (χ0) is 19.1. The predicted molar refractivity (Wildman–Crippen MR) is 104 cm³/mol. The van der Waals surface area contributed by atoms with Crippen molar-refractivity contribution in [3.63, 3.8) is 0 Å². The summed E-state index contributed by atoms with van der Waals surface area (Å²) in [5, 5.41) is 5.50. The van der Waals surface area contributed by atoms with Gasteiger partial charge >= 0.3 is 6.03 Å². The fourth-order valence-electron chi connectivity index (χ4n) is 3.32. The molecule has 0 bridgehead atoms. The molecule has 1 aliphatic rings. The van der Waals surface area contributed by atoms with Gasteiger partial charge in [0, 0.05) is 30.8 Å². The summed E-state index contributed by atoms with van der Waals surface area (Å²) in [6, 6.07) is 8.48. The van der Waals surface area contributed by atoms with Crippen molar-refractivity contribution in [2.45, 2.75) is 45.1 Å². The van der Waals surface area contributed by atoms with Gasteiger partial charge in [0.1, 0.15) is 5.75 Å². The van der Waals surface area contributed by atoms with Gasteiger partial charge in [0.15, 0.2) is 0 Å². The molecule has 0 atom stereocenters. The van der Waals surface area contributed by atoms with Gasteiger partial charge in [-0.25, -0.2) is 9.78 Å². The van der Waals surface area contributed by atoms with Crippen LogP contribution in [-0.2, 0) is 6.54 Å². The standard InChI is InChI=1S/C20H26N4O3/c1-2-27-17-9-7-16(8-10-17)23-20(26)21-11-12-24-14-22-18(13-19(24)25)15-5-3-4-6-15/h7-10,13-15H,2-6,11-12H2,1H3,(H2,21,23,26). The summed E-state index contributed by atoms with van der Waals surface area (Å²) in [7, 11) is 0. The number of nitrogens with zero attached hydrogens (tertiary/aromatic N) is 2. The number of ether oxygens (including phenoxy) is 1. The van der Waals surface area contributed by atoms with Gasteiger partial charge in [-0.3, -0.25) is 9.36 Å². The smallest absolute Gasteiger partial charge is 0.319 e. The van der Waals surface area contributed by atoms with Crippen LogP contribution in [0.4, 0.5) is 10.5 Å². The molecule has 1 aromatic carbocycles. The number of aromatic nitrogens is 2. The van der Waals surface area contributed by atoms with Crippen molar-refractivity contribution in [1.82, 2.24) is 14.9 Å². The zero-order valence-corrected chi connectivity index (χ0v) is 15.6. The maximum atomic E-state index is 12.2. The van der Waals surface area contributed by atoms with Crippen LogP contribution in [0, 0.1) is 0 Å². The van der Waals surface area contributed by atoms with Gasteiger partial charge in [-0.05, 0) is 44.0 Å². The summed E-state index contributed by atoms with van der Waals surface area (Å²) in [6.07, 6.45) is 6.24. The van der Waals surface area contributed by atoms with E-state index in [9.17, 15) is 9.59 Å². The third-order valence-electron chi connectivity index (χ3n) is 4.74. The number of anilines is 1. The molecule has 7 nitrogen and oxygen atoms in total. The highest BCUT2D eigenvalue weighted by Gasteiger charge is 2.18. The first-order valence-electron chi connectivity index (χ1n) is 9.50. The van der Waals surface area contributed by atoms with E-state index in [4.69, 9.17) is 4.74 Å². The third-order valence-corrected chi connectivity index (χ3v) is 4.74. The van der Waals surface area contributed by atoms with Crippen LogP contribution < -0.4 is 20.9 Å². The number of carbonyl (C=O) groups excluding carboxylic acids is 1. The molecule has 1 aromatic heterocycles. The number of rotatable bonds is 7. The molecule has 2 aromatic rings. The van der Waals surface area contributed by atoms with E-state index in [1.807, 2.05) is 6.92 Å². The summed E-state index contributed by atoms with van der Waals surface area (Å²) in [5.41, 5.74) is 1.51. The number of hydrogen-bond donors (Lipinski definition) is 2. The van der Waals surface area contributed by atoms with Crippen LogP contribution >= 0.6 is 0 Å². The molecular weight excluding hydrogens is 344 g/mol. The van der Waals surface area contributed by atoms with Gasteiger partial charge in [-0.1, -0.05) is 12.8 Å². The number of benzene rings is 1. The first-order valence-corrected chi connectivity index (χ1v) is 9.50. The van der Waals surface area contributed by atoms with Crippen molar-refractivity contribution in [3.8, 4) is 5.75 Å². The molecule has 1 heterocycles. The Morgan fingerprint density at radius 2 is 2.00 bits per heavy atom. The lowest BCUT2D eigenvalue weighted by molar-refractivity contribution is 0.251. The molecule has 0 unspecified atom stereocenters. The summed E-state index contributed by atoms with van der Waals surface area (Å²) in [6.45, 7) is 3.24. The molecule has 2 N–H and O–H groups in total. The van der Waals surface area contributed by atoms with E-state index in [1.54, 1.807) is 36.7 Å². The lowest BCUT2D eigenvalue weighted by Crippen LogP contribution is -2.33. The minimum atomic E-state index is -0.317. The highest BCUT2D eigenvalue weighted by atomic mass is 16.5. The Bertz CT molecular complexity index is 811. The molecule has 1 aliphatic carbocycles. The van der Waals surface area contributed by atoms with Gasteiger partial charge < -0.3 is 15.4 Å². The summed E-state index contributed by atoms with van der Waals surface area (Å²) in [5.74, 6) is 1.18. The highest BCUT2D eigenvalue weighted by molar-refractivity contribution is 5.89. The molecule has 27 heavy (non-hydrogen) atoms. The van der Waals surface area contributed by atoms with Crippen LogP contribution in [0.5, 0.6) is 5.75 Å². The second-order valence-electron chi connectivity index (χ2n) is 6.67. The number of carbonyl (C=O) groups is 1. The summed E-state index contributed by atoms with van der Waals surface area (Å²) >= 11 is 0. The van der Waals surface area contributed by atoms with Crippen molar-refractivity contribution < 1.29 is 9.53 Å². The predicted octanol–water partition coefficient (Wildman–Crippen LogP) is 3.12. The third kappa shape index (κ3) is 5.32. The number of urea groups is 1. The quantitative estimate of drug-likeness (QED) is 0.784. The second-order valence-corrected chi connectivity index (χ2v) is 6.67. The van der Waals surface area contributed by atoms with Gasteiger partial charge in [-0.15, -0.1) is 0 Å². The molecule has 2 amide bonds. The summed E-state index contributed by atoms with van der Waals surface area (Å²) < 4.78 is 6.89. The van der Waals surface area contributed by atoms with Crippen LogP contribution in [0.15, 0.2) is 41.5 Å². The molecule has 1 fully saturated rings. The lowest BCUT2D eigenvalue weighted by Gasteiger charge is -2.11. The lowest BCUT2D eigenvalue weighted by atomic mass is 10.0. The van der Waals surface area contributed by atoms with Crippen molar-refractivity contribution >= 4 is 11.7 Å². The Kier molecular flexibility index (Phi) is 6.46. The van der Waals surface area contributed by atoms with Gasteiger partial charge in [0.2, 0.25) is 0 Å². The van der Waals surface area contributed by atoms with Crippen LogP contribution in [0.2, 0.25) is 0 Å². The van der Waals surface area contributed by atoms with Crippen molar-refractivity contribution in [1.29, 1.82) is 0 Å². The van der Waals surface area contributed by atoms with Crippen LogP contribution in [-0.4, -0.2) is 28.7 Å². The average Bonchev–Trinajstić information content (AvgIpc) is 3.20. The Hall–Kier alpha value is -2.83. The molecular formula is C20H26N4O3. The Morgan fingerprint density at radius 3 is 2.67 bits per heavy atom. The van der Waals surface area contributed by atoms with Gasteiger partial charge in [0.25, 0.3) is 5.56 Å². The number of hydrogen-bond acceptors (Lipinski definition) is 4. The molecule has 0 spiro atoms. The fraction of sp³-hybridized carbons (Fsp3) is 0.450. The van der Waals surface area contributed by atoms with Crippen molar-refractivity contribution in [2.75, 3.05) is 18.5 Å². The Labute approximate surface area is 158 Å². The SMILES string of the molecule is CCOc1ccc(NC(=O)NCCn2cnc(C3CCCC3)cc2=O)cc1. The van der Waals surface area contributed by atoms with Crippen molar-refractivity contribution in [3.05, 3.63) is 52.7 Å². The molecule has 7 heteroatoms. The zero-order valence-electron chi connectivity index (χ0n) is 15.6. The van der Waals surface area contributed by atoms with E-state index < -0.39 is 0 Å². The van der Waals surface area contributed by atoms with Gasteiger partial charge in [0.05, 0.1) is 18.6 Å². The molecule has 144 valence electrons. The van der Waals surface area contributed by atoms with Crippen LogP contribution in [0.1, 0.15) is 44.2 Å². The molecule has 0 radical (unpaired) electrons. The van der Waals surface area contributed by atoms with E-state index in [0.717, 1.165) is 24.3 Å². The maximum Gasteiger partial charge on any atom is 0.319 e. The fourth-order valence-corrected chi connectivity index (χ4v) is 3.32. The monoisotopic (exact) mass is 370 g/mol. The van der Waals surface area contributed by atoms with E-state index >= 15 is 0 Å². The molecule has 3 rings (SSSR count). The Morgan fingerprint density at radius 1 is 1.26 bits per heavy atom. The van der Waals surface area contributed by atoms with Crippen LogP contribution in [0.3, 0.4) is 0 Å². The van der Waals surface area contributed by atoms with E-state index in [2.05, 4.69) is 15.6 Å². The Balaban J connectivity index is 1.46. The maximum absolute atomic E-state index is 12.2. The highest BCUT2D eigenvalue weighted by Crippen LogP contribution is 2.32. The van der Waals surface area contributed by atoms with E-state index in [0.29, 0.717) is 31.3 Å². The molecule has 0 aliphatic heterocycles. The molecule has 1 saturated carbocycles. The topological polar surface area (TPSA) is 85.2 Å². The van der Waals surface area contributed by atoms with E-state index in [1.165, 1.54) is 17.4 Å². The summed E-state index contributed by atoms with van der Waals surface area (Å²) in [4.78, 5) is 28.6. The van der Waals surface area contributed by atoms with Crippen LogP contribution in [0.25, 0.3) is 0 Å². The first-order chi connectivity index (χ1) is 13.2.